The van der Waals surface area contributed by atoms with Crippen molar-refractivity contribution in [1.29, 1.82) is 0 Å². The molecule has 16 heavy (non-hydrogen) atoms. The lowest BCUT2D eigenvalue weighted by atomic mass is 9.91. The van der Waals surface area contributed by atoms with E-state index in [1.807, 2.05) is 0 Å². The summed E-state index contributed by atoms with van der Waals surface area (Å²) in [5, 5.41) is 10.2. The Morgan fingerprint density at radius 2 is 2.31 bits per heavy atom. The van der Waals surface area contributed by atoms with Crippen molar-refractivity contribution in [2.75, 3.05) is 13.2 Å². The minimum Gasteiger partial charge on any atom is -0.393 e. The number of aliphatic hydroxyl groups is 1. The molecule has 0 amide bonds. The molecule has 1 saturated heterocycles. The monoisotopic (exact) mass is 244 g/mol. The van der Waals surface area contributed by atoms with E-state index in [1.165, 1.54) is 12.1 Å². The molecule has 0 radical (unpaired) electrons. The summed E-state index contributed by atoms with van der Waals surface area (Å²) in [4.78, 5) is 0. The van der Waals surface area contributed by atoms with Crippen LogP contribution in [0.4, 0.5) is 4.39 Å². The van der Waals surface area contributed by atoms with Crippen LogP contribution < -0.4 is 0 Å². The van der Waals surface area contributed by atoms with Gasteiger partial charge in [0.1, 0.15) is 5.82 Å². The van der Waals surface area contributed by atoms with E-state index in [-0.39, 0.29) is 17.8 Å². The number of rotatable bonds is 2. The van der Waals surface area contributed by atoms with Crippen molar-refractivity contribution in [1.82, 2.24) is 0 Å². The standard InChI is InChI=1S/C12H14ClFO2/c13-11-6-10(14)2-1-8(11)5-9-7-16-4-3-12(9)15/h1-2,6,9,12,15H,3-5,7H2. The Morgan fingerprint density at radius 3 is 3.00 bits per heavy atom. The van der Waals surface area contributed by atoms with Gasteiger partial charge in [0.2, 0.25) is 0 Å². The first-order valence-corrected chi connectivity index (χ1v) is 5.74. The van der Waals surface area contributed by atoms with Gasteiger partial charge in [0.25, 0.3) is 0 Å². The van der Waals surface area contributed by atoms with Gasteiger partial charge in [-0.2, -0.15) is 0 Å². The number of halogens is 2. The Labute approximate surface area is 99.0 Å². The maximum Gasteiger partial charge on any atom is 0.124 e. The second-order valence-corrected chi connectivity index (χ2v) is 4.54. The van der Waals surface area contributed by atoms with Crippen LogP contribution >= 0.6 is 11.6 Å². The molecule has 0 aliphatic carbocycles. The van der Waals surface area contributed by atoms with Crippen molar-refractivity contribution in [2.45, 2.75) is 18.9 Å². The molecule has 1 aromatic rings. The third-order valence-corrected chi connectivity index (χ3v) is 3.28. The minimum atomic E-state index is -0.352. The predicted molar refractivity (Wildman–Crippen MR) is 60.0 cm³/mol. The summed E-state index contributed by atoms with van der Waals surface area (Å²) >= 11 is 5.93. The summed E-state index contributed by atoms with van der Waals surface area (Å²) in [7, 11) is 0. The second-order valence-electron chi connectivity index (χ2n) is 4.13. The molecule has 2 atom stereocenters. The molecule has 1 aliphatic heterocycles. The van der Waals surface area contributed by atoms with E-state index in [1.54, 1.807) is 6.07 Å². The third-order valence-electron chi connectivity index (χ3n) is 2.93. The molecule has 4 heteroatoms. The van der Waals surface area contributed by atoms with Gasteiger partial charge in [-0.1, -0.05) is 17.7 Å². The average molecular weight is 245 g/mol. The third kappa shape index (κ3) is 2.73. The Kier molecular flexibility index (Phi) is 3.79. The van der Waals surface area contributed by atoms with Crippen LogP contribution in [0.1, 0.15) is 12.0 Å². The fourth-order valence-corrected chi connectivity index (χ4v) is 2.19. The summed E-state index contributed by atoms with van der Waals surface area (Å²) in [5.41, 5.74) is 0.859. The highest BCUT2D eigenvalue weighted by molar-refractivity contribution is 6.31. The molecule has 1 aromatic carbocycles. The van der Waals surface area contributed by atoms with Crippen LogP contribution in [0.3, 0.4) is 0 Å². The van der Waals surface area contributed by atoms with Crippen LogP contribution in [-0.2, 0) is 11.2 Å². The molecule has 2 rings (SSSR count). The molecule has 88 valence electrons. The Bertz CT molecular complexity index is 370. The molecule has 2 nitrogen and oxygen atoms in total. The summed E-state index contributed by atoms with van der Waals surface area (Å²) in [6.07, 6.45) is 0.930. The first-order chi connectivity index (χ1) is 7.66. The molecule has 0 spiro atoms. The van der Waals surface area contributed by atoms with E-state index in [0.29, 0.717) is 31.1 Å². The van der Waals surface area contributed by atoms with Gasteiger partial charge in [-0.25, -0.2) is 4.39 Å². The van der Waals surface area contributed by atoms with E-state index in [4.69, 9.17) is 16.3 Å². The van der Waals surface area contributed by atoms with E-state index in [2.05, 4.69) is 0 Å². The van der Waals surface area contributed by atoms with Crippen LogP contribution in [0.2, 0.25) is 5.02 Å². The zero-order chi connectivity index (χ0) is 11.5. The topological polar surface area (TPSA) is 29.5 Å². The maximum atomic E-state index is 12.8. The van der Waals surface area contributed by atoms with E-state index in [0.717, 1.165) is 5.56 Å². The van der Waals surface area contributed by atoms with Crippen LogP contribution in [-0.4, -0.2) is 24.4 Å². The van der Waals surface area contributed by atoms with Gasteiger partial charge < -0.3 is 9.84 Å². The quantitative estimate of drug-likeness (QED) is 0.866. The Morgan fingerprint density at radius 1 is 1.50 bits per heavy atom. The van der Waals surface area contributed by atoms with E-state index < -0.39 is 0 Å². The van der Waals surface area contributed by atoms with Crippen molar-refractivity contribution in [3.8, 4) is 0 Å². The van der Waals surface area contributed by atoms with E-state index >= 15 is 0 Å². The summed E-state index contributed by atoms with van der Waals surface area (Å²) < 4.78 is 18.2. The number of benzene rings is 1. The highest BCUT2D eigenvalue weighted by Crippen LogP contribution is 2.24. The lowest BCUT2D eigenvalue weighted by molar-refractivity contribution is -0.0350. The molecule has 0 aromatic heterocycles. The molecular weight excluding hydrogens is 231 g/mol. The first kappa shape index (κ1) is 11.8. The number of aliphatic hydroxyl groups excluding tert-OH is 1. The van der Waals surface area contributed by atoms with Gasteiger partial charge in [-0.3, -0.25) is 0 Å². The van der Waals surface area contributed by atoms with Gasteiger partial charge >= 0.3 is 0 Å². The zero-order valence-corrected chi connectivity index (χ0v) is 9.58. The second kappa shape index (κ2) is 5.13. The smallest absolute Gasteiger partial charge is 0.124 e. The SMILES string of the molecule is OC1CCOCC1Cc1ccc(F)cc1Cl. The molecule has 1 heterocycles. The van der Waals surface area contributed by atoms with Gasteiger partial charge in [0, 0.05) is 17.5 Å². The van der Waals surface area contributed by atoms with E-state index in [9.17, 15) is 9.50 Å². The fraction of sp³-hybridized carbons (Fsp3) is 0.500. The summed E-state index contributed by atoms with van der Waals surface area (Å²) in [6, 6.07) is 4.35. The predicted octanol–water partition coefficient (Wildman–Crippen LogP) is 2.42. The van der Waals surface area contributed by atoms with Crippen LogP contribution in [0.15, 0.2) is 18.2 Å². The Balaban J connectivity index is 2.07. The lowest BCUT2D eigenvalue weighted by Gasteiger charge is -2.27. The number of hydrogen-bond acceptors (Lipinski definition) is 2. The molecule has 1 N–H and O–H groups in total. The van der Waals surface area contributed by atoms with Crippen molar-refractivity contribution in [3.63, 3.8) is 0 Å². The number of ether oxygens (including phenoxy) is 1. The molecule has 1 aliphatic rings. The normalized spacial score (nSPS) is 25.7. The summed E-state index contributed by atoms with van der Waals surface area (Å²) in [5.74, 6) is -0.286. The molecule has 0 bridgehead atoms. The lowest BCUT2D eigenvalue weighted by Crippen LogP contribution is -2.33. The van der Waals surface area contributed by atoms with Crippen molar-refractivity contribution < 1.29 is 14.2 Å². The molecule has 2 unspecified atom stereocenters. The largest absolute Gasteiger partial charge is 0.393 e. The number of hydrogen-bond donors (Lipinski definition) is 1. The van der Waals surface area contributed by atoms with Crippen molar-refractivity contribution >= 4 is 11.6 Å². The highest BCUT2D eigenvalue weighted by atomic mass is 35.5. The van der Waals surface area contributed by atoms with Crippen LogP contribution in [0.5, 0.6) is 0 Å². The highest BCUT2D eigenvalue weighted by Gasteiger charge is 2.24. The fourth-order valence-electron chi connectivity index (χ4n) is 1.95. The zero-order valence-electron chi connectivity index (χ0n) is 8.83. The van der Waals surface area contributed by atoms with Crippen molar-refractivity contribution in [2.24, 2.45) is 5.92 Å². The first-order valence-electron chi connectivity index (χ1n) is 5.36. The van der Waals surface area contributed by atoms with Gasteiger partial charge in [-0.15, -0.1) is 0 Å². The van der Waals surface area contributed by atoms with Gasteiger partial charge in [-0.05, 0) is 30.5 Å². The van der Waals surface area contributed by atoms with Crippen molar-refractivity contribution in [3.05, 3.63) is 34.6 Å². The summed E-state index contributed by atoms with van der Waals surface area (Å²) in [6.45, 7) is 1.14. The Hall–Kier alpha value is -0.640. The molecule has 0 saturated carbocycles. The van der Waals surface area contributed by atoms with Gasteiger partial charge in [0.15, 0.2) is 0 Å². The molecular formula is C12H14ClFO2. The van der Waals surface area contributed by atoms with Gasteiger partial charge in [0.05, 0.1) is 12.7 Å². The minimum absolute atomic E-state index is 0.0525. The maximum absolute atomic E-state index is 12.8. The van der Waals surface area contributed by atoms with Crippen LogP contribution in [0, 0.1) is 11.7 Å². The average Bonchev–Trinajstić information content (AvgIpc) is 2.25. The van der Waals surface area contributed by atoms with Crippen LogP contribution in [0.25, 0.3) is 0 Å². The molecule has 1 fully saturated rings.